The zero-order valence-corrected chi connectivity index (χ0v) is 9.54. The van der Waals surface area contributed by atoms with Crippen LogP contribution in [0.3, 0.4) is 0 Å². The van der Waals surface area contributed by atoms with Crippen molar-refractivity contribution in [1.82, 2.24) is 9.21 Å². The molecule has 3 heterocycles. The molecular weight excluding hydrogens is 196 g/mol. The fourth-order valence-electron chi connectivity index (χ4n) is 2.86. The van der Waals surface area contributed by atoms with E-state index in [0.29, 0.717) is 5.41 Å². The predicted octanol–water partition coefficient (Wildman–Crippen LogP) is 0.484. The van der Waals surface area contributed by atoms with E-state index < -0.39 is 0 Å². The van der Waals surface area contributed by atoms with Gasteiger partial charge in [0.25, 0.3) is 0 Å². The van der Waals surface area contributed by atoms with Gasteiger partial charge in [-0.15, -0.1) is 0 Å². The van der Waals surface area contributed by atoms with Gasteiger partial charge in [0.2, 0.25) is 0 Å². The first kappa shape index (κ1) is 9.46. The van der Waals surface area contributed by atoms with E-state index >= 15 is 0 Å². The summed E-state index contributed by atoms with van der Waals surface area (Å²) in [5, 5.41) is 0. The predicted molar refractivity (Wildman–Crippen MR) is 58.3 cm³/mol. The van der Waals surface area contributed by atoms with Crippen LogP contribution in [0.4, 0.5) is 0 Å². The summed E-state index contributed by atoms with van der Waals surface area (Å²) in [4.78, 5) is 2.61. The average molecular weight is 214 g/mol. The third kappa shape index (κ3) is 1.32. The van der Waals surface area contributed by atoms with Crippen LogP contribution in [0.5, 0.6) is 0 Å². The zero-order valence-electron chi connectivity index (χ0n) is 8.65. The van der Waals surface area contributed by atoms with Gasteiger partial charge in [0, 0.05) is 43.6 Å². The molecule has 1 atom stereocenters. The summed E-state index contributed by atoms with van der Waals surface area (Å²) in [7, 11) is 0. The van der Waals surface area contributed by atoms with Gasteiger partial charge in [0.1, 0.15) is 0 Å². The molecular formula is C10H18N2OS. The van der Waals surface area contributed by atoms with Gasteiger partial charge in [0.05, 0.1) is 13.2 Å². The molecule has 0 aliphatic carbocycles. The highest BCUT2D eigenvalue weighted by Gasteiger charge is 2.52. The van der Waals surface area contributed by atoms with Crippen molar-refractivity contribution in [3.8, 4) is 0 Å². The van der Waals surface area contributed by atoms with Crippen LogP contribution in [-0.4, -0.2) is 54.6 Å². The molecule has 0 amide bonds. The Bertz CT molecular complexity index is 230. The van der Waals surface area contributed by atoms with Gasteiger partial charge >= 0.3 is 0 Å². The largest absolute Gasteiger partial charge is 0.381 e. The van der Waals surface area contributed by atoms with Gasteiger partial charge in [-0.2, -0.15) is 0 Å². The Hall–Kier alpha value is 0.230. The third-order valence-electron chi connectivity index (χ3n) is 4.03. The van der Waals surface area contributed by atoms with Crippen molar-refractivity contribution >= 4 is 12.8 Å². The maximum Gasteiger partial charge on any atom is 0.0531 e. The Morgan fingerprint density at radius 1 is 1.29 bits per heavy atom. The van der Waals surface area contributed by atoms with Crippen LogP contribution in [0.2, 0.25) is 0 Å². The molecule has 80 valence electrons. The van der Waals surface area contributed by atoms with E-state index in [1.165, 1.54) is 26.2 Å². The van der Waals surface area contributed by atoms with Crippen LogP contribution in [-0.2, 0) is 4.74 Å². The summed E-state index contributed by atoms with van der Waals surface area (Å²) < 4.78 is 7.36. The maximum atomic E-state index is 5.24. The van der Waals surface area contributed by atoms with E-state index in [-0.39, 0.29) is 0 Å². The second-order valence-electron chi connectivity index (χ2n) is 5.27. The molecule has 0 aromatic rings. The lowest BCUT2D eigenvalue weighted by molar-refractivity contribution is -0.139. The first-order chi connectivity index (χ1) is 6.69. The molecule has 3 aliphatic heterocycles. The molecule has 3 fully saturated rings. The standard InChI is InChI=1S/C10H18N2OS/c1-8(9-2-13-3-9)11-4-10(5-11)6-12(14)7-10/h8-9,14H,2-7H2,1H3. The molecule has 3 nitrogen and oxygen atoms in total. The second-order valence-corrected chi connectivity index (χ2v) is 5.83. The van der Waals surface area contributed by atoms with Gasteiger partial charge in [-0.1, -0.05) is 12.8 Å². The number of likely N-dealkylation sites (tertiary alicyclic amines) is 1. The quantitative estimate of drug-likeness (QED) is 0.674. The van der Waals surface area contributed by atoms with Gasteiger partial charge in [0.15, 0.2) is 0 Å². The van der Waals surface area contributed by atoms with Gasteiger partial charge in [-0.3, -0.25) is 9.21 Å². The summed E-state index contributed by atoms with van der Waals surface area (Å²) in [6, 6.07) is 0.725. The monoisotopic (exact) mass is 214 g/mol. The second kappa shape index (κ2) is 3.11. The van der Waals surface area contributed by atoms with Crippen molar-refractivity contribution in [3.63, 3.8) is 0 Å². The van der Waals surface area contributed by atoms with Crippen LogP contribution in [0.1, 0.15) is 6.92 Å². The molecule has 3 aliphatic rings. The van der Waals surface area contributed by atoms with Crippen molar-refractivity contribution < 1.29 is 4.74 Å². The molecule has 3 saturated heterocycles. The van der Waals surface area contributed by atoms with Crippen LogP contribution < -0.4 is 0 Å². The van der Waals surface area contributed by atoms with Gasteiger partial charge in [-0.05, 0) is 6.92 Å². The van der Waals surface area contributed by atoms with Gasteiger partial charge < -0.3 is 4.74 Å². The number of ether oxygens (including phenoxy) is 1. The fourth-order valence-corrected chi connectivity index (χ4v) is 3.46. The number of hydrogen-bond acceptors (Lipinski definition) is 4. The fraction of sp³-hybridized carbons (Fsp3) is 1.00. The smallest absolute Gasteiger partial charge is 0.0531 e. The minimum atomic E-state index is 0.612. The minimum Gasteiger partial charge on any atom is -0.381 e. The Kier molecular flexibility index (Phi) is 2.10. The normalized spacial score (nSPS) is 34.7. The number of thiol groups is 1. The third-order valence-corrected chi connectivity index (χ3v) is 4.32. The van der Waals surface area contributed by atoms with Crippen molar-refractivity contribution in [3.05, 3.63) is 0 Å². The van der Waals surface area contributed by atoms with Crippen LogP contribution in [0, 0.1) is 11.3 Å². The number of hydrogen-bond donors (Lipinski definition) is 1. The molecule has 0 aromatic carbocycles. The Morgan fingerprint density at radius 2 is 1.93 bits per heavy atom. The lowest BCUT2D eigenvalue weighted by Gasteiger charge is -2.61. The molecule has 0 aromatic heterocycles. The lowest BCUT2D eigenvalue weighted by Crippen LogP contribution is -2.72. The highest BCUT2D eigenvalue weighted by molar-refractivity contribution is 7.77. The van der Waals surface area contributed by atoms with E-state index in [2.05, 4.69) is 28.9 Å². The Balaban J connectivity index is 1.49. The summed E-state index contributed by atoms with van der Waals surface area (Å²) in [5.41, 5.74) is 0.612. The Morgan fingerprint density at radius 3 is 2.36 bits per heavy atom. The average Bonchev–Trinajstić information content (AvgIpc) is 1.89. The number of rotatable bonds is 2. The summed E-state index contributed by atoms with van der Waals surface area (Å²) in [6.45, 7) is 9.22. The number of nitrogens with zero attached hydrogens (tertiary/aromatic N) is 2. The first-order valence-corrected chi connectivity index (χ1v) is 5.84. The molecule has 1 unspecified atom stereocenters. The summed E-state index contributed by atoms with van der Waals surface area (Å²) in [6.07, 6.45) is 0. The maximum absolute atomic E-state index is 5.24. The van der Waals surface area contributed by atoms with Crippen LogP contribution >= 0.6 is 12.8 Å². The van der Waals surface area contributed by atoms with E-state index in [4.69, 9.17) is 4.74 Å². The minimum absolute atomic E-state index is 0.612. The Labute approximate surface area is 90.9 Å². The van der Waals surface area contributed by atoms with Crippen LogP contribution in [0.15, 0.2) is 0 Å². The van der Waals surface area contributed by atoms with Crippen molar-refractivity contribution in [2.24, 2.45) is 11.3 Å². The van der Waals surface area contributed by atoms with E-state index in [1.807, 2.05) is 0 Å². The molecule has 0 N–H and O–H groups in total. The highest BCUT2D eigenvalue weighted by Crippen LogP contribution is 2.42. The van der Waals surface area contributed by atoms with E-state index in [1.54, 1.807) is 0 Å². The molecule has 4 heteroatoms. The van der Waals surface area contributed by atoms with Crippen molar-refractivity contribution in [2.75, 3.05) is 39.4 Å². The first-order valence-electron chi connectivity index (χ1n) is 5.44. The summed E-state index contributed by atoms with van der Waals surface area (Å²) >= 11 is 4.33. The zero-order chi connectivity index (χ0) is 9.76. The molecule has 14 heavy (non-hydrogen) atoms. The van der Waals surface area contributed by atoms with E-state index in [0.717, 1.165) is 25.2 Å². The molecule has 1 spiro atoms. The van der Waals surface area contributed by atoms with E-state index in [9.17, 15) is 0 Å². The highest BCUT2D eigenvalue weighted by atomic mass is 32.1. The molecule has 0 radical (unpaired) electrons. The molecule has 0 saturated carbocycles. The summed E-state index contributed by atoms with van der Waals surface area (Å²) in [5.74, 6) is 0.791. The van der Waals surface area contributed by atoms with Crippen molar-refractivity contribution in [2.45, 2.75) is 13.0 Å². The van der Waals surface area contributed by atoms with Gasteiger partial charge in [-0.25, -0.2) is 0 Å². The topological polar surface area (TPSA) is 15.7 Å². The van der Waals surface area contributed by atoms with Crippen molar-refractivity contribution in [1.29, 1.82) is 0 Å². The molecule has 3 rings (SSSR count). The molecule has 0 bridgehead atoms. The van der Waals surface area contributed by atoms with Crippen LogP contribution in [0.25, 0.3) is 0 Å². The lowest BCUT2D eigenvalue weighted by atomic mass is 9.73. The SMILES string of the molecule is CC(C1COC1)N1CC2(CN(S)C2)C1.